The SMILES string of the molecule is C=Cc1cccc(C(C(=O)Nc2ccc(OC)cc2)N(CCC)C(=O)C(CCSC)NC(=O)OC(C)(C)C)c1. The average molecular weight is 556 g/mol. The molecule has 0 aliphatic rings. The Kier molecular flexibility index (Phi) is 12.4. The molecule has 212 valence electrons. The summed E-state index contributed by atoms with van der Waals surface area (Å²) < 4.78 is 10.6. The van der Waals surface area contributed by atoms with Crippen LogP contribution in [0.5, 0.6) is 5.75 Å². The lowest BCUT2D eigenvalue weighted by Crippen LogP contribution is -2.52. The number of hydrogen-bond donors (Lipinski definition) is 2. The highest BCUT2D eigenvalue weighted by atomic mass is 32.2. The Labute approximate surface area is 236 Å². The third kappa shape index (κ3) is 9.98. The number of ether oxygens (including phenoxy) is 2. The molecule has 2 unspecified atom stereocenters. The predicted octanol–water partition coefficient (Wildman–Crippen LogP) is 5.90. The summed E-state index contributed by atoms with van der Waals surface area (Å²) in [5.74, 6) is 0.580. The second-order valence-corrected chi connectivity index (χ2v) is 11.0. The first-order valence-corrected chi connectivity index (χ1v) is 14.4. The van der Waals surface area contributed by atoms with Gasteiger partial charge in [0.25, 0.3) is 5.91 Å². The van der Waals surface area contributed by atoms with E-state index in [1.165, 1.54) is 0 Å². The molecule has 0 aliphatic heterocycles. The Bertz CT molecular complexity index is 1110. The van der Waals surface area contributed by atoms with Gasteiger partial charge in [-0.1, -0.05) is 37.8 Å². The Balaban J connectivity index is 2.50. The van der Waals surface area contributed by atoms with Gasteiger partial charge in [0.15, 0.2) is 0 Å². The lowest BCUT2D eigenvalue weighted by Gasteiger charge is -2.34. The monoisotopic (exact) mass is 555 g/mol. The molecular weight excluding hydrogens is 514 g/mol. The molecule has 0 saturated carbocycles. The van der Waals surface area contributed by atoms with Gasteiger partial charge in [0.1, 0.15) is 23.4 Å². The highest BCUT2D eigenvalue weighted by Crippen LogP contribution is 2.27. The van der Waals surface area contributed by atoms with E-state index in [9.17, 15) is 14.4 Å². The molecule has 0 bridgehead atoms. The molecule has 0 aliphatic carbocycles. The van der Waals surface area contributed by atoms with E-state index in [0.717, 1.165) is 5.56 Å². The van der Waals surface area contributed by atoms with Crippen molar-refractivity contribution in [1.29, 1.82) is 0 Å². The van der Waals surface area contributed by atoms with Crippen molar-refractivity contribution < 1.29 is 23.9 Å². The number of amides is 3. The summed E-state index contributed by atoms with van der Waals surface area (Å²) in [6.07, 6.45) is 3.95. The normalized spacial score (nSPS) is 12.6. The third-order valence-corrected chi connectivity index (χ3v) is 6.37. The van der Waals surface area contributed by atoms with Gasteiger partial charge in [0, 0.05) is 12.2 Å². The van der Waals surface area contributed by atoms with E-state index in [4.69, 9.17) is 9.47 Å². The number of methoxy groups -OCH3 is 1. The Morgan fingerprint density at radius 3 is 2.38 bits per heavy atom. The van der Waals surface area contributed by atoms with E-state index in [0.29, 0.717) is 42.1 Å². The number of anilines is 1. The molecule has 3 amide bonds. The zero-order chi connectivity index (χ0) is 29.0. The van der Waals surface area contributed by atoms with Crippen LogP contribution in [0.4, 0.5) is 10.5 Å². The van der Waals surface area contributed by atoms with Crippen LogP contribution in [0.15, 0.2) is 55.1 Å². The summed E-state index contributed by atoms with van der Waals surface area (Å²) in [6, 6.07) is 12.6. The summed E-state index contributed by atoms with van der Waals surface area (Å²) in [6.45, 7) is 11.4. The lowest BCUT2D eigenvalue weighted by molar-refractivity contribution is -0.140. The summed E-state index contributed by atoms with van der Waals surface area (Å²) in [5, 5.41) is 5.70. The van der Waals surface area contributed by atoms with Crippen molar-refractivity contribution in [2.45, 2.75) is 58.2 Å². The van der Waals surface area contributed by atoms with Crippen molar-refractivity contribution in [1.82, 2.24) is 10.2 Å². The molecule has 2 rings (SSSR count). The van der Waals surface area contributed by atoms with E-state index in [1.54, 1.807) is 74.9 Å². The number of benzene rings is 2. The second-order valence-electron chi connectivity index (χ2n) is 10.0. The Hall–Kier alpha value is -3.46. The van der Waals surface area contributed by atoms with Crippen molar-refractivity contribution in [2.75, 3.05) is 31.0 Å². The van der Waals surface area contributed by atoms with Gasteiger partial charge in [-0.25, -0.2) is 4.79 Å². The van der Waals surface area contributed by atoms with Crippen LogP contribution >= 0.6 is 11.8 Å². The molecule has 0 radical (unpaired) electrons. The number of carbonyl (C=O) groups is 3. The zero-order valence-corrected chi connectivity index (χ0v) is 24.6. The smallest absolute Gasteiger partial charge is 0.408 e. The molecule has 0 aromatic heterocycles. The van der Waals surface area contributed by atoms with Crippen LogP contribution < -0.4 is 15.4 Å². The van der Waals surface area contributed by atoms with Crippen LogP contribution in [0.25, 0.3) is 6.08 Å². The summed E-state index contributed by atoms with van der Waals surface area (Å²) in [5.41, 5.74) is 1.32. The van der Waals surface area contributed by atoms with E-state index >= 15 is 0 Å². The van der Waals surface area contributed by atoms with Gasteiger partial charge in [-0.05, 0) is 87.1 Å². The first-order chi connectivity index (χ1) is 18.5. The molecule has 9 heteroatoms. The zero-order valence-electron chi connectivity index (χ0n) is 23.8. The van der Waals surface area contributed by atoms with E-state index < -0.39 is 23.8 Å². The van der Waals surface area contributed by atoms with Crippen LogP contribution in [0.1, 0.15) is 57.7 Å². The van der Waals surface area contributed by atoms with Gasteiger partial charge in [0.2, 0.25) is 5.91 Å². The van der Waals surface area contributed by atoms with Crippen LogP contribution in [-0.4, -0.2) is 60.1 Å². The van der Waals surface area contributed by atoms with Crippen molar-refractivity contribution in [2.24, 2.45) is 0 Å². The maximum absolute atomic E-state index is 14.1. The minimum atomic E-state index is -0.948. The van der Waals surface area contributed by atoms with E-state index in [2.05, 4.69) is 17.2 Å². The quantitative estimate of drug-likeness (QED) is 0.319. The molecular formula is C30H41N3O5S. The summed E-state index contributed by atoms with van der Waals surface area (Å²) in [4.78, 5) is 42.1. The largest absolute Gasteiger partial charge is 0.497 e. The number of rotatable bonds is 13. The summed E-state index contributed by atoms with van der Waals surface area (Å²) >= 11 is 1.57. The number of thioether (sulfide) groups is 1. The van der Waals surface area contributed by atoms with Crippen LogP contribution in [0.3, 0.4) is 0 Å². The van der Waals surface area contributed by atoms with Crippen molar-refractivity contribution in [3.8, 4) is 5.75 Å². The van der Waals surface area contributed by atoms with E-state index in [-0.39, 0.29) is 11.8 Å². The Morgan fingerprint density at radius 2 is 1.82 bits per heavy atom. The molecule has 2 atom stereocenters. The minimum Gasteiger partial charge on any atom is -0.497 e. The highest BCUT2D eigenvalue weighted by molar-refractivity contribution is 7.98. The van der Waals surface area contributed by atoms with Crippen molar-refractivity contribution in [3.05, 3.63) is 66.2 Å². The highest BCUT2D eigenvalue weighted by Gasteiger charge is 2.36. The standard InChI is InChI=1S/C30H41N3O5S/c1-8-18-33(28(35)25(17-19-39-7)32-29(36)38-30(3,4)5)26(22-12-10-11-21(9-2)20-22)27(34)31-23-13-15-24(37-6)16-14-23/h9-16,20,25-26H,2,8,17-19H2,1,3-7H3,(H,31,34)(H,32,36). The van der Waals surface area contributed by atoms with Crippen LogP contribution in [0.2, 0.25) is 0 Å². The maximum Gasteiger partial charge on any atom is 0.408 e. The second kappa shape index (κ2) is 15.2. The van der Waals surface area contributed by atoms with E-state index in [1.807, 2.05) is 37.4 Å². The fourth-order valence-electron chi connectivity index (χ4n) is 3.96. The number of nitrogens with one attached hydrogen (secondary N) is 2. The molecule has 0 spiro atoms. The minimum absolute atomic E-state index is 0.309. The fraction of sp³-hybridized carbons (Fsp3) is 0.433. The molecule has 2 N–H and O–H groups in total. The van der Waals surface area contributed by atoms with Crippen LogP contribution in [-0.2, 0) is 14.3 Å². The van der Waals surface area contributed by atoms with Crippen LogP contribution in [0, 0.1) is 0 Å². The van der Waals surface area contributed by atoms with Gasteiger partial charge in [-0.2, -0.15) is 11.8 Å². The van der Waals surface area contributed by atoms with Gasteiger partial charge in [-0.15, -0.1) is 0 Å². The maximum atomic E-state index is 14.1. The van der Waals surface area contributed by atoms with Crippen molar-refractivity contribution in [3.63, 3.8) is 0 Å². The van der Waals surface area contributed by atoms with Gasteiger partial charge >= 0.3 is 6.09 Å². The predicted molar refractivity (Wildman–Crippen MR) is 159 cm³/mol. The average Bonchev–Trinajstić information content (AvgIpc) is 2.90. The first-order valence-electron chi connectivity index (χ1n) is 13.0. The van der Waals surface area contributed by atoms with Gasteiger partial charge < -0.3 is 25.0 Å². The lowest BCUT2D eigenvalue weighted by atomic mass is 9.99. The van der Waals surface area contributed by atoms with Gasteiger partial charge in [0.05, 0.1) is 7.11 Å². The molecule has 0 heterocycles. The number of nitrogens with zero attached hydrogens (tertiary/aromatic N) is 1. The molecule has 2 aromatic carbocycles. The Morgan fingerprint density at radius 1 is 1.13 bits per heavy atom. The van der Waals surface area contributed by atoms with Crippen molar-refractivity contribution >= 4 is 41.4 Å². The number of hydrogen-bond acceptors (Lipinski definition) is 6. The fourth-order valence-corrected chi connectivity index (χ4v) is 4.44. The molecule has 39 heavy (non-hydrogen) atoms. The number of alkyl carbamates (subject to hydrolysis) is 1. The summed E-state index contributed by atoms with van der Waals surface area (Å²) in [7, 11) is 1.57. The molecule has 8 nitrogen and oxygen atoms in total. The third-order valence-electron chi connectivity index (χ3n) is 5.73. The molecule has 0 saturated heterocycles. The number of carbonyl (C=O) groups excluding carboxylic acids is 3. The van der Waals surface area contributed by atoms with Gasteiger partial charge in [-0.3, -0.25) is 9.59 Å². The topological polar surface area (TPSA) is 97.0 Å². The molecule has 2 aromatic rings. The molecule has 0 fully saturated rings. The first kappa shape index (κ1) is 31.8.